The average molecular weight is 413 g/mol. The van der Waals surface area contributed by atoms with Crippen molar-refractivity contribution in [3.05, 3.63) is 53.6 Å². The molecule has 0 saturated carbocycles. The van der Waals surface area contributed by atoms with E-state index in [9.17, 15) is 4.79 Å². The number of ether oxygens (including phenoxy) is 1. The molecule has 0 fully saturated rings. The minimum Gasteiger partial charge on any atom is -0.541 e. The Kier molecular flexibility index (Phi) is 7.03. The molecule has 2 aromatic carbocycles. The fourth-order valence-corrected chi connectivity index (χ4v) is 3.63. The van der Waals surface area contributed by atoms with Gasteiger partial charge in [0, 0.05) is 16.0 Å². The molecule has 0 heterocycles. The molecule has 0 aliphatic carbocycles. The van der Waals surface area contributed by atoms with Gasteiger partial charge in [-0.15, -0.1) is 11.8 Å². The molecule has 0 aromatic heterocycles. The Morgan fingerprint density at radius 1 is 1.04 bits per heavy atom. The summed E-state index contributed by atoms with van der Waals surface area (Å²) >= 11 is 1.67. The van der Waals surface area contributed by atoms with Gasteiger partial charge in [0.05, 0.1) is 7.11 Å². The molecule has 0 aliphatic rings. The van der Waals surface area contributed by atoms with E-state index < -0.39 is 8.32 Å². The predicted molar refractivity (Wildman–Crippen MR) is 120 cm³/mol. The number of carbonyl (C=O) groups is 1. The number of hydrogen-bond acceptors (Lipinski definition) is 4. The monoisotopic (exact) mass is 412 g/mol. The molecule has 2 aromatic rings. The zero-order chi connectivity index (χ0) is 20.9. The van der Waals surface area contributed by atoms with Crippen LogP contribution in [0.1, 0.15) is 36.7 Å². The van der Waals surface area contributed by atoms with Gasteiger partial charge in [-0.1, -0.05) is 26.7 Å². The summed E-state index contributed by atoms with van der Waals surface area (Å²) in [6.45, 7) is 10.9. The summed E-state index contributed by atoms with van der Waals surface area (Å²) in [5.41, 5.74) is 1.31. The topological polar surface area (TPSA) is 35.5 Å². The maximum atomic E-state index is 12.5. The van der Waals surface area contributed by atoms with E-state index in [1.807, 2.05) is 36.6 Å². The first kappa shape index (κ1) is 22.1. The van der Waals surface area contributed by atoms with Gasteiger partial charge in [0.15, 0.2) is 5.75 Å². The smallest absolute Gasteiger partial charge is 0.250 e. The number of methoxy groups -OCH3 is 1. The van der Waals surface area contributed by atoms with E-state index in [-0.39, 0.29) is 10.8 Å². The fraction of sp³-hybridized carbons (Fsp3) is 0.348. The summed E-state index contributed by atoms with van der Waals surface area (Å²) in [5, 5.41) is 0.0732. The van der Waals surface area contributed by atoms with Gasteiger partial charge in [-0.05, 0) is 72.8 Å². The summed E-state index contributed by atoms with van der Waals surface area (Å²) in [4.78, 5) is 13.7. The number of carbonyl (C=O) groups excluding carboxylic acids is 1. The van der Waals surface area contributed by atoms with Crippen LogP contribution in [0.4, 0.5) is 0 Å². The molecule has 2 rings (SSSR count). The van der Waals surface area contributed by atoms with Crippen molar-refractivity contribution in [1.29, 1.82) is 0 Å². The van der Waals surface area contributed by atoms with Crippen molar-refractivity contribution < 1.29 is 14.0 Å². The Morgan fingerprint density at radius 2 is 1.68 bits per heavy atom. The second-order valence-electron chi connectivity index (χ2n) is 8.04. The molecule has 0 bridgehead atoms. The van der Waals surface area contributed by atoms with Gasteiger partial charge < -0.3 is 9.16 Å². The molecule has 0 aliphatic heterocycles. The normalized spacial score (nSPS) is 11.4. The number of thioether (sulfide) groups is 1. The minimum atomic E-state index is -2.00. The lowest BCUT2D eigenvalue weighted by molar-refractivity contribution is 0.105. The summed E-state index contributed by atoms with van der Waals surface area (Å²) < 4.78 is 11.8. The highest BCUT2D eigenvalue weighted by Crippen LogP contribution is 2.40. The molecular weight excluding hydrogens is 384 g/mol. The quantitative estimate of drug-likeness (QED) is 0.260. The van der Waals surface area contributed by atoms with Crippen LogP contribution in [0.3, 0.4) is 0 Å². The van der Waals surface area contributed by atoms with Crippen LogP contribution in [0.5, 0.6) is 11.5 Å². The lowest BCUT2D eigenvalue weighted by Crippen LogP contribution is -2.43. The second-order valence-corrected chi connectivity index (χ2v) is 13.6. The van der Waals surface area contributed by atoms with Gasteiger partial charge in [-0.3, -0.25) is 4.79 Å². The Hall–Kier alpha value is -2.16. The van der Waals surface area contributed by atoms with E-state index in [1.54, 1.807) is 31.0 Å². The third-order valence-electron chi connectivity index (χ3n) is 5.01. The van der Waals surface area contributed by atoms with E-state index in [2.05, 4.69) is 45.7 Å². The Morgan fingerprint density at radius 3 is 2.21 bits per heavy atom. The molecule has 5 heteroatoms. The Labute approximate surface area is 174 Å². The lowest BCUT2D eigenvalue weighted by atomic mass is 10.1. The zero-order valence-corrected chi connectivity index (χ0v) is 19.5. The number of rotatable bonds is 5. The largest absolute Gasteiger partial charge is 0.541 e. The highest BCUT2D eigenvalue weighted by molar-refractivity contribution is 7.98. The van der Waals surface area contributed by atoms with Crippen LogP contribution in [0, 0.1) is 11.8 Å². The SMILES string of the molecule is COc1cc(C(=O)C#Cc2ccc(SC)cc2)ccc1O[Si](C)(C)C(C)(C)C. The van der Waals surface area contributed by atoms with E-state index in [1.165, 1.54) is 4.90 Å². The maximum absolute atomic E-state index is 12.5. The van der Waals surface area contributed by atoms with Crippen LogP contribution in [0.25, 0.3) is 0 Å². The van der Waals surface area contributed by atoms with Crippen LogP contribution < -0.4 is 9.16 Å². The molecule has 0 amide bonds. The molecule has 0 saturated heterocycles. The molecule has 0 radical (unpaired) electrons. The molecule has 3 nitrogen and oxygen atoms in total. The molecule has 0 N–H and O–H groups in total. The standard InChI is InChI=1S/C23H28O3SSi/c1-23(2,3)28(6,7)26-21-15-11-18(16-22(21)25-4)20(24)14-10-17-8-12-19(27-5)13-9-17/h8-9,11-13,15-16H,1-7H3. The molecule has 0 spiro atoms. The third kappa shape index (κ3) is 5.43. The number of benzene rings is 2. The first-order chi connectivity index (χ1) is 13.1. The number of hydrogen-bond donors (Lipinski definition) is 0. The van der Waals surface area contributed by atoms with Gasteiger partial charge in [-0.2, -0.15) is 0 Å². The van der Waals surface area contributed by atoms with E-state index in [4.69, 9.17) is 9.16 Å². The van der Waals surface area contributed by atoms with Crippen molar-refractivity contribution in [2.24, 2.45) is 0 Å². The van der Waals surface area contributed by atoms with E-state index >= 15 is 0 Å². The summed E-state index contributed by atoms with van der Waals surface area (Å²) in [7, 11) is -0.415. The first-order valence-corrected chi connectivity index (χ1v) is 13.3. The molecule has 0 unspecified atom stereocenters. The summed E-state index contributed by atoms with van der Waals surface area (Å²) in [6.07, 6.45) is 2.02. The Bertz CT molecular complexity index is 900. The summed E-state index contributed by atoms with van der Waals surface area (Å²) in [5.74, 6) is 6.63. The number of ketones is 1. The van der Waals surface area contributed by atoms with E-state index in [0.29, 0.717) is 17.1 Å². The van der Waals surface area contributed by atoms with Gasteiger partial charge in [0.25, 0.3) is 8.32 Å². The number of Topliss-reactive ketones (excluding diaryl/α,β-unsaturated/α-hetero) is 1. The van der Waals surface area contributed by atoms with Crippen molar-refractivity contribution in [1.82, 2.24) is 0 Å². The van der Waals surface area contributed by atoms with Gasteiger partial charge in [0.1, 0.15) is 5.75 Å². The van der Waals surface area contributed by atoms with Crippen LogP contribution in [0.15, 0.2) is 47.4 Å². The van der Waals surface area contributed by atoms with Crippen molar-refractivity contribution in [3.63, 3.8) is 0 Å². The van der Waals surface area contributed by atoms with Gasteiger partial charge in [-0.25, -0.2) is 0 Å². The zero-order valence-electron chi connectivity index (χ0n) is 17.7. The van der Waals surface area contributed by atoms with Gasteiger partial charge >= 0.3 is 0 Å². The molecule has 148 valence electrons. The maximum Gasteiger partial charge on any atom is 0.250 e. The van der Waals surface area contributed by atoms with Crippen LogP contribution >= 0.6 is 11.8 Å². The van der Waals surface area contributed by atoms with Crippen LogP contribution in [-0.4, -0.2) is 27.5 Å². The van der Waals surface area contributed by atoms with Crippen molar-refractivity contribution in [3.8, 4) is 23.3 Å². The lowest BCUT2D eigenvalue weighted by Gasteiger charge is -2.36. The van der Waals surface area contributed by atoms with E-state index in [0.717, 1.165) is 5.56 Å². The third-order valence-corrected chi connectivity index (χ3v) is 10.1. The predicted octanol–water partition coefficient (Wildman–Crippen LogP) is 6.04. The molecular formula is C23H28O3SSi. The average Bonchev–Trinajstić information content (AvgIpc) is 2.65. The highest BCUT2D eigenvalue weighted by atomic mass is 32.2. The van der Waals surface area contributed by atoms with Crippen LogP contribution in [0.2, 0.25) is 18.1 Å². The van der Waals surface area contributed by atoms with Crippen molar-refractivity contribution in [2.45, 2.75) is 43.8 Å². The highest BCUT2D eigenvalue weighted by Gasteiger charge is 2.39. The second kappa shape index (κ2) is 8.89. The van der Waals surface area contributed by atoms with Gasteiger partial charge in [0.2, 0.25) is 5.78 Å². The minimum absolute atomic E-state index is 0.0732. The fourth-order valence-electron chi connectivity index (χ4n) is 2.20. The van der Waals surface area contributed by atoms with Crippen molar-refractivity contribution in [2.75, 3.05) is 13.4 Å². The molecule has 0 atom stereocenters. The summed E-state index contributed by atoms with van der Waals surface area (Å²) in [6, 6.07) is 13.1. The first-order valence-electron chi connectivity index (χ1n) is 9.15. The molecule has 28 heavy (non-hydrogen) atoms. The van der Waals surface area contributed by atoms with Crippen molar-refractivity contribution >= 4 is 25.9 Å². The Balaban J connectivity index is 2.23. The van der Waals surface area contributed by atoms with Crippen LogP contribution in [-0.2, 0) is 0 Å².